The van der Waals surface area contributed by atoms with Crippen molar-refractivity contribution in [3.63, 3.8) is 0 Å². The first-order valence-corrected chi connectivity index (χ1v) is 5.44. The van der Waals surface area contributed by atoms with Crippen molar-refractivity contribution in [2.24, 2.45) is 0 Å². The summed E-state index contributed by atoms with van der Waals surface area (Å²) in [6.45, 7) is 1.76. The molecule has 0 bridgehead atoms. The molecular formula is C12H10N2OS. The Morgan fingerprint density at radius 1 is 1.50 bits per heavy atom. The number of nitrogens with zero attached hydrogens (tertiary/aromatic N) is 1. The lowest BCUT2D eigenvalue weighted by Gasteiger charge is -1.98. The number of hydrogen-bond donors (Lipinski definition) is 2. The van der Waals surface area contributed by atoms with Gasteiger partial charge in [-0.15, -0.1) is 0 Å². The molecule has 2 rings (SSSR count). The van der Waals surface area contributed by atoms with Gasteiger partial charge in [0.1, 0.15) is 5.82 Å². The van der Waals surface area contributed by atoms with E-state index in [0.717, 1.165) is 5.56 Å². The molecule has 4 heteroatoms. The van der Waals surface area contributed by atoms with E-state index in [1.807, 2.05) is 6.07 Å². The SMILES string of the molecule is Cc1nc2ccc(C#CCS)cc2c(=O)[nH]1. The molecule has 0 aliphatic rings. The summed E-state index contributed by atoms with van der Waals surface area (Å²) < 4.78 is 0. The molecule has 0 unspecified atom stereocenters. The van der Waals surface area contributed by atoms with Crippen LogP contribution in [0, 0.1) is 18.8 Å². The molecule has 1 heterocycles. The lowest BCUT2D eigenvalue weighted by Crippen LogP contribution is -2.09. The smallest absolute Gasteiger partial charge is 0.258 e. The second kappa shape index (κ2) is 4.42. The summed E-state index contributed by atoms with van der Waals surface area (Å²) in [6.07, 6.45) is 0. The van der Waals surface area contributed by atoms with Crippen molar-refractivity contribution in [2.75, 3.05) is 5.75 Å². The Labute approximate surface area is 98.3 Å². The van der Waals surface area contributed by atoms with E-state index in [-0.39, 0.29) is 5.56 Å². The second-order valence-electron chi connectivity index (χ2n) is 3.34. The Morgan fingerprint density at radius 2 is 2.31 bits per heavy atom. The normalized spacial score (nSPS) is 9.88. The number of H-pyrrole nitrogens is 1. The quantitative estimate of drug-likeness (QED) is 0.532. The maximum Gasteiger partial charge on any atom is 0.258 e. The van der Waals surface area contributed by atoms with Gasteiger partial charge in [-0.05, 0) is 25.1 Å². The number of aromatic nitrogens is 2. The third-order valence-corrected chi connectivity index (χ3v) is 2.29. The van der Waals surface area contributed by atoms with Gasteiger partial charge in [-0.25, -0.2) is 4.98 Å². The topological polar surface area (TPSA) is 45.8 Å². The highest BCUT2D eigenvalue weighted by molar-refractivity contribution is 7.80. The predicted molar refractivity (Wildman–Crippen MR) is 67.8 cm³/mol. The minimum absolute atomic E-state index is 0.128. The fraction of sp³-hybridized carbons (Fsp3) is 0.167. The van der Waals surface area contributed by atoms with Crippen molar-refractivity contribution >= 4 is 23.5 Å². The fourth-order valence-electron chi connectivity index (χ4n) is 1.48. The van der Waals surface area contributed by atoms with E-state index in [9.17, 15) is 4.79 Å². The van der Waals surface area contributed by atoms with Gasteiger partial charge in [-0.3, -0.25) is 4.79 Å². The Balaban J connectivity index is 2.67. The molecule has 0 amide bonds. The maximum absolute atomic E-state index is 11.7. The van der Waals surface area contributed by atoms with E-state index >= 15 is 0 Å². The number of rotatable bonds is 0. The van der Waals surface area contributed by atoms with Gasteiger partial charge in [0, 0.05) is 5.56 Å². The van der Waals surface area contributed by atoms with Crippen LogP contribution in [0.15, 0.2) is 23.0 Å². The monoisotopic (exact) mass is 230 g/mol. The molecule has 0 aliphatic carbocycles. The van der Waals surface area contributed by atoms with Crippen LogP contribution in [0.1, 0.15) is 11.4 Å². The molecule has 0 radical (unpaired) electrons. The second-order valence-corrected chi connectivity index (χ2v) is 3.66. The zero-order valence-electron chi connectivity index (χ0n) is 8.74. The Hall–Kier alpha value is -1.73. The van der Waals surface area contributed by atoms with Crippen LogP contribution in [-0.4, -0.2) is 15.7 Å². The molecule has 0 saturated heterocycles. The van der Waals surface area contributed by atoms with Crippen LogP contribution in [0.3, 0.4) is 0 Å². The maximum atomic E-state index is 11.7. The lowest BCUT2D eigenvalue weighted by molar-refractivity contribution is 1.06. The fourth-order valence-corrected chi connectivity index (χ4v) is 1.55. The third-order valence-electron chi connectivity index (χ3n) is 2.14. The summed E-state index contributed by atoms with van der Waals surface area (Å²) in [7, 11) is 0. The zero-order valence-corrected chi connectivity index (χ0v) is 9.64. The number of thiol groups is 1. The Morgan fingerprint density at radius 3 is 3.06 bits per heavy atom. The highest BCUT2D eigenvalue weighted by Crippen LogP contribution is 2.09. The predicted octanol–water partition coefficient (Wildman–Crippen LogP) is 1.51. The summed E-state index contributed by atoms with van der Waals surface area (Å²) in [4.78, 5) is 18.6. The van der Waals surface area contributed by atoms with E-state index < -0.39 is 0 Å². The molecular weight excluding hydrogens is 220 g/mol. The average Bonchev–Trinajstić information content (AvgIpc) is 2.26. The van der Waals surface area contributed by atoms with E-state index in [2.05, 4.69) is 34.4 Å². The first kappa shape index (κ1) is 10.8. The minimum atomic E-state index is -0.128. The number of benzene rings is 1. The van der Waals surface area contributed by atoms with Crippen LogP contribution < -0.4 is 5.56 Å². The van der Waals surface area contributed by atoms with E-state index in [1.54, 1.807) is 19.1 Å². The van der Waals surface area contributed by atoms with Gasteiger partial charge in [-0.1, -0.05) is 11.8 Å². The van der Waals surface area contributed by atoms with Crippen LogP contribution in [0.4, 0.5) is 0 Å². The first-order valence-electron chi connectivity index (χ1n) is 4.81. The van der Waals surface area contributed by atoms with E-state index in [0.29, 0.717) is 22.5 Å². The average molecular weight is 230 g/mol. The molecule has 1 aromatic carbocycles. The highest BCUT2D eigenvalue weighted by Gasteiger charge is 2.01. The molecule has 16 heavy (non-hydrogen) atoms. The van der Waals surface area contributed by atoms with Crippen molar-refractivity contribution in [3.8, 4) is 11.8 Å². The summed E-state index contributed by atoms with van der Waals surface area (Å²) in [6, 6.07) is 5.40. The third kappa shape index (κ3) is 2.10. The molecule has 80 valence electrons. The summed E-state index contributed by atoms with van der Waals surface area (Å²) in [5, 5.41) is 0.566. The first-order chi connectivity index (χ1) is 7.70. The van der Waals surface area contributed by atoms with Crippen molar-refractivity contribution in [1.82, 2.24) is 9.97 Å². The molecule has 0 atom stereocenters. The van der Waals surface area contributed by atoms with Crippen molar-refractivity contribution in [2.45, 2.75) is 6.92 Å². The van der Waals surface area contributed by atoms with Crippen LogP contribution in [0.5, 0.6) is 0 Å². The number of hydrogen-bond acceptors (Lipinski definition) is 3. The Kier molecular flexibility index (Phi) is 2.97. The largest absolute Gasteiger partial charge is 0.310 e. The van der Waals surface area contributed by atoms with Gasteiger partial charge < -0.3 is 4.98 Å². The van der Waals surface area contributed by atoms with E-state index in [4.69, 9.17) is 0 Å². The molecule has 2 aromatic rings. The van der Waals surface area contributed by atoms with Crippen LogP contribution in [0.25, 0.3) is 10.9 Å². The summed E-state index contributed by atoms with van der Waals surface area (Å²) >= 11 is 4.00. The van der Waals surface area contributed by atoms with Crippen molar-refractivity contribution in [3.05, 3.63) is 39.9 Å². The molecule has 0 saturated carbocycles. The van der Waals surface area contributed by atoms with Crippen LogP contribution in [0.2, 0.25) is 0 Å². The Bertz CT molecular complexity index is 649. The standard InChI is InChI=1S/C12H10N2OS/c1-8-13-11-5-4-9(3-2-6-16)7-10(11)12(15)14-8/h4-5,7,16H,6H2,1H3,(H,13,14,15). The molecule has 0 spiro atoms. The van der Waals surface area contributed by atoms with Crippen molar-refractivity contribution < 1.29 is 0 Å². The molecule has 3 nitrogen and oxygen atoms in total. The van der Waals surface area contributed by atoms with Crippen LogP contribution >= 0.6 is 12.6 Å². The number of fused-ring (bicyclic) bond motifs is 1. The molecule has 0 fully saturated rings. The van der Waals surface area contributed by atoms with Gasteiger partial charge in [0.15, 0.2) is 0 Å². The lowest BCUT2D eigenvalue weighted by atomic mass is 10.1. The summed E-state index contributed by atoms with van der Waals surface area (Å²) in [5.74, 6) is 6.88. The van der Waals surface area contributed by atoms with Gasteiger partial charge >= 0.3 is 0 Å². The molecule has 1 aromatic heterocycles. The molecule has 0 aliphatic heterocycles. The van der Waals surface area contributed by atoms with E-state index in [1.165, 1.54) is 0 Å². The van der Waals surface area contributed by atoms with Gasteiger partial charge in [0.25, 0.3) is 5.56 Å². The summed E-state index contributed by atoms with van der Waals surface area (Å²) in [5.41, 5.74) is 1.37. The van der Waals surface area contributed by atoms with Gasteiger partial charge in [0.05, 0.1) is 16.7 Å². The zero-order chi connectivity index (χ0) is 11.5. The van der Waals surface area contributed by atoms with Gasteiger partial charge in [0.2, 0.25) is 0 Å². The number of nitrogens with one attached hydrogen (secondary N) is 1. The number of aromatic amines is 1. The number of aryl methyl sites for hydroxylation is 1. The molecule has 1 N–H and O–H groups in total. The van der Waals surface area contributed by atoms with Gasteiger partial charge in [-0.2, -0.15) is 12.6 Å². The minimum Gasteiger partial charge on any atom is -0.310 e. The van der Waals surface area contributed by atoms with Crippen LogP contribution in [-0.2, 0) is 0 Å². The highest BCUT2D eigenvalue weighted by atomic mass is 32.1. The van der Waals surface area contributed by atoms with Crippen molar-refractivity contribution in [1.29, 1.82) is 0 Å².